The molecule has 9 heteroatoms. The number of aliphatic hydroxyl groups excluding tert-OH is 1. The fourth-order valence-corrected chi connectivity index (χ4v) is 1.68. The van der Waals surface area contributed by atoms with Crippen molar-refractivity contribution < 1.29 is 29.6 Å². The zero-order chi connectivity index (χ0) is 20.9. The molecule has 0 aliphatic heterocycles. The van der Waals surface area contributed by atoms with E-state index in [-0.39, 0.29) is 12.1 Å². The molecule has 0 saturated carbocycles. The zero-order valence-corrected chi connectivity index (χ0v) is 16.2. The molecular formula is C18H29N3O6. The van der Waals surface area contributed by atoms with Crippen molar-refractivity contribution in [3.8, 4) is 5.88 Å². The van der Waals surface area contributed by atoms with E-state index < -0.39 is 18.0 Å². The molecule has 4 N–H and O–H groups in total. The van der Waals surface area contributed by atoms with E-state index in [2.05, 4.69) is 43.0 Å². The van der Waals surface area contributed by atoms with Gasteiger partial charge in [-0.2, -0.15) is 0 Å². The Labute approximate surface area is 159 Å². The van der Waals surface area contributed by atoms with Crippen molar-refractivity contribution >= 4 is 11.9 Å². The lowest BCUT2D eigenvalue weighted by Crippen LogP contribution is -2.42. The molecule has 0 spiro atoms. The number of hydrogen-bond donors (Lipinski definition) is 4. The number of hydrogen-bond acceptors (Lipinski definition) is 7. The van der Waals surface area contributed by atoms with Crippen LogP contribution in [-0.4, -0.2) is 62.0 Å². The van der Waals surface area contributed by atoms with Crippen LogP contribution >= 0.6 is 0 Å². The predicted octanol–water partition coefficient (Wildman–Crippen LogP) is 1.27. The molecule has 1 aromatic heterocycles. The van der Waals surface area contributed by atoms with E-state index in [4.69, 9.17) is 14.9 Å². The highest BCUT2D eigenvalue weighted by Gasteiger charge is 2.13. The van der Waals surface area contributed by atoms with Crippen LogP contribution in [0.25, 0.3) is 0 Å². The average molecular weight is 383 g/mol. The van der Waals surface area contributed by atoms with Crippen molar-refractivity contribution in [1.29, 1.82) is 0 Å². The van der Waals surface area contributed by atoms with Crippen LogP contribution in [0.2, 0.25) is 0 Å². The van der Waals surface area contributed by atoms with Crippen molar-refractivity contribution in [2.75, 3.05) is 13.2 Å². The number of aliphatic hydroxyl groups is 1. The summed E-state index contributed by atoms with van der Waals surface area (Å²) in [5.41, 5.74) is 0.835. The minimum Gasteiger partial charge on any atom is -0.478 e. The number of ether oxygens (including phenoxy) is 1. The van der Waals surface area contributed by atoms with Crippen molar-refractivity contribution in [2.24, 2.45) is 0 Å². The number of nitrogens with one attached hydrogen (secondary N) is 1. The smallest absolute Gasteiger partial charge is 0.328 e. The molecule has 1 aromatic rings. The van der Waals surface area contributed by atoms with Crippen LogP contribution in [0.15, 0.2) is 24.5 Å². The summed E-state index contributed by atoms with van der Waals surface area (Å²) in [6.45, 7) is 8.97. The second-order valence-electron chi connectivity index (χ2n) is 6.66. The Bertz CT molecular complexity index is 597. The fraction of sp³-hybridized carbons (Fsp3) is 0.556. The Morgan fingerprint density at radius 2 is 1.74 bits per heavy atom. The molecule has 0 amide bonds. The van der Waals surface area contributed by atoms with Gasteiger partial charge in [-0.1, -0.05) is 13.3 Å². The summed E-state index contributed by atoms with van der Waals surface area (Å²) in [5.74, 6) is -1.99. The largest absolute Gasteiger partial charge is 0.478 e. The summed E-state index contributed by atoms with van der Waals surface area (Å²) in [6, 6.07) is 0. The predicted molar refractivity (Wildman–Crippen MR) is 99.7 cm³/mol. The maximum Gasteiger partial charge on any atom is 0.328 e. The van der Waals surface area contributed by atoms with Gasteiger partial charge in [-0.15, -0.1) is 0 Å². The quantitative estimate of drug-likeness (QED) is 0.464. The summed E-state index contributed by atoms with van der Waals surface area (Å²) in [6.07, 6.45) is 5.65. The minimum atomic E-state index is -1.26. The maximum absolute atomic E-state index is 9.86. The summed E-state index contributed by atoms with van der Waals surface area (Å²) in [5, 5.41) is 28.7. The second kappa shape index (κ2) is 12.8. The lowest BCUT2D eigenvalue weighted by Gasteiger charge is -2.23. The first-order chi connectivity index (χ1) is 12.5. The van der Waals surface area contributed by atoms with Gasteiger partial charge in [-0.3, -0.25) is 4.98 Å². The van der Waals surface area contributed by atoms with Crippen molar-refractivity contribution in [1.82, 2.24) is 15.3 Å². The number of β-amino-alcohol motifs (C(OH)–C–C–N with tert-alkyl or cyclic N) is 1. The topological polar surface area (TPSA) is 142 Å². The normalized spacial score (nSPS) is 12.2. The lowest BCUT2D eigenvalue weighted by atomic mass is 10.1. The molecule has 1 heterocycles. The van der Waals surface area contributed by atoms with Gasteiger partial charge >= 0.3 is 11.9 Å². The molecule has 0 saturated heterocycles. The third kappa shape index (κ3) is 14.3. The van der Waals surface area contributed by atoms with Gasteiger partial charge in [0.1, 0.15) is 18.4 Å². The van der Waals surface area contributed by atoms with Gasteiger partial charge in [0.25, 0.3) is 0 Å². The average Bonchev–Trinajstić information content (AvgIpc) is 2.57. The van der Waals surface area contributed by atoms with Crippen molar-refractivity contribution in [3.05, 3.63) is 30.2 Å². The summed E-state index contributed by atoms with van der Waals surface area (Å²) < 4.78 is 5.55. The Hall–Kier alpha value is -2.52. The number of carboxylic acids is 2. The van der Waals surface area contributed by atoms with E-state index in [0.717, 1.165) is 18.5 Å². The van der Waals surface area contributed by atoms with Crippen LogP contribution in [0.3, 0.4) is 0 Å². The summed E-state index contributed by atoms with van der Waals surface area (Å²) in [7, 11) is 0. The van der Waals surface area contributed by atoms with E-state index in [1.54, 1.807) is 12.4 Å². The maximum atomic E-state index is 9.86. The SMILES string of the molecule is CCCc1nccnc1OC[C@@H](O)CNC(C)(C)C.O=C(O)/C=C\C(=O)O. The van der Waals surface area contributed by atoms with Gasteiger partial charge in [0.05, 0.1) is 0 Å². The fourth-order valence-electron chi connectivity index (χ4n) is 1.68. The number of rotatable bonds is 9. The number of aryl methyl sites for hydroxylation is 1. The number of aromatic nitrogens is 2. The highest BCUT2D eigenvalue weighted by atomic mass is 16.5. The Morgan fingerprint density at radius 3 is 2.22 bits per heavy atom. The number of aliphatic carboxylic acids is 2. The van der Waals surface area contributed by atoms with E-state index in [1.165, 1.54) is 0 Å². The van der Waals surface area contributed by atoms with Crippen LogP contribution in [0.1, 0.15) is 39.8 Å². The highest BCUT2D eigenvalue weighted by Crippen LogP contribution is 2.13. The zero-order valence-electron chi connectivity index (χ0n) is 16.2. The molecule has 0 radical (unpaired) electrons. The highest BCUT2D eigenvalue weighted by molar-refractivity contribution is 5.89. The minimum absolute atomic E-state index is 0.0130. The number of nitrogens with zero attached hydrogens (tertiary/aromatic N) is 2. The molecular weight excluding hydrogens is 354 g/mol. The molecule has 0 unspecified atom stereocenters. The first kappa shape index (κ1) is 24.5. The second-order valence-corrected chi connectivity index (χ2v) is 6.66. The first-order valence-electron chi connectivity index (χ1n) is 8.54. The van der Waals surface area contributed by atoms with Gasteiger partial charge in [-0.05, 0) is 27.2 Å². The molecule has 27 heavy (non-hydrogen) atoms. The summed E-state index contributed by atoms with van der Waals surface area (Å²) >= 11 is 0. The van der Waals surface area contributed by atoms with Gasteiger partial charge < -0.3 is 25.4 Å². The standard InChI is InChI=1S/C14H25N3O2.C4H4O4/c1-5-6-12-13(16-8-7-15-12)19-10-11(18)9-17-14(2,3)4;5-3(6)1-2-4(7)8/h7-8,11,17-18H,5-6,9-10H2,1-4H3;1-2H,(H,5,6)(H,7,8)/b;2-1-/t11-;/m0./s1. The number of carbonyl (C=O) groups is 2. The van der Waals surface area contributed by atoms with Crippen LogP contribution in [0, 0.1) is 0 Å². The van der Waals surface area contributed by atoms with Crippen LogP contribution in [-0.2, 0) is 16.0 Å². The molecule has 0 bridgehead atoms. The van der Waals surface area contributed by atoms with Gasteiger partial charge in [0.2, 0.25) is 5.88 Å². The first-order valence-corrected chi connectivity index (χ1v) is 8.54. The molecule has 9 nitrogen and oxygen atoms in total. The molecule has 0 fully saturated rings. The van der Waals surface area contributed by atoms with Crippen LogP contribution in [0.4, 0.5) is 0 Å². The Morgan fingerprint density at radius 1 is 1.19 bits per heavy atom. The van der Waals surface area contributed by atoms with Crippen molar-refractivity contribution in [3.63, 3.8) is 0 Å². The third-order valence-corrected chi connectivity index (χ3v) is 2.87. The van der Waals surface area contributed by atoms with Gasteiger partial charge in [0, 0.05) is 36.6 Å². The molecule has 152 valence electrons. The van der Waals surface area contributed by atoms with Crippen molar-refractivity contribution in [2.45, 2.75) is 52.2 Å². The Kier molecular flexibility index (Phi) is 11.6. The molecule has 0 aromatic carbocycles. The van der Waals surface area contributed by atoms with Gasteiger partial charge in [-0.25, -0.2) is 14.6 Å². The lowest BCUT2D eigenvalue weighted by molar-refractivity contribution is -0.134. The molecule has 0 aliphatic rings. The third-order valence-electron chi connectivity index (χ3n) is 2.87. The molecule has 1 rings (SSSR count). The van der Waals surface area contributed by atoms with Crippen LogP contribution < -0.4 is 10.1 Å². The number of carboxylic acid groups (broad SMARTS) is 2. The van der Waals surface area contributed by atoms with E-state index in [9.17, 15) is 14.7 Å². The van der Waals surface area contributed by atoms with Crippen LogP contribution in [0.5, 0.6) is 5.88 Å². The summed E-state index contributed by atoms with van der Waals surface area (Å²) in [4.78, 5) is 27.5. The van der Waals surface area contributed by atoms with Gasteiger partial charge in [0.15, 0.2) is 0 Å². The monoisotopic (exact) mass is 383 g/mol. The van der Waals surface area contributed by atoms with E-state index in [1.807, 2.05) is 0 Å². The Balaban J connectivity index is 0.000000713. The molecule has 0 aliphatic carbocycles. The van der Waals surface area contributed by atoms with E-state index in [0.29, 0.717) is 24.6 Å². The van der Waals surface area contributed by atoms with E-state index >= 15 is 0 Å². The molecule has 1 atom stereocenters.